The van der Waals surface area contributed by atoms with Crippen molar-refractivity contribution in [2.24, 2.45) is 0 Å². The van der Waals surface area contributed by atoms with Gasteiger partial charge in [-0.25, -0.2) is 9.78 Å². The lowest BCUT2D eigenvalue weighted by Gasteiger charge is -2.14. The lowest BCUT2D eigenvalue weighted by atomic mass is 10.1. The Morgan fingerprint density at radius 1 is 1.06 bits per heavy atom. The van der Waals surface area contributed by atoms with E-state index in [1.807, 2.05) is 6.92 Å². The van der Waals surface area contributed by atoms with Crippen LogP contribution in [0, 0.1) is 0 Å². The summed E-state index contributed by atoms with van der Waals surface area (Å²) in [6, 6.07) is 13.2. The van der Waals surface area contributed by atoms with Crippen LogP contribution in [0.5, 0.6) is 11.5 Å². The molecular formula is C24H23ClN2O4. The number of rotatable bonds is 5. The molecular weight excluding hydrogens is 416 g/mol. The second kappa shape index (κ2) is 9.35. The molecule has 0 spiro atoms. The Morgan fingerprint density at radius 3 is 2.65 bits per heavy atom. The second-order valence-electron chi connectivity index (χ2n) is 7.35. The van der Waals surface area contributed by atoms with Crippen LogP contribution in [-0.2, 0) is 13.0 Å². The van der Waals surface area contributed by atoms with Crippen molar-refractivity contribution in [3.63, 3.8) is 0 Å². The Labute approximate surface area is 185 Å². The third-order valence-electron chi connectivity index (χ3n) is 5.19. The fraction of sp³-hybridized carbons (Fsp3) is 0.292. The third kappa shape index (κ3) is 4.80. The first-order valence-corrected chi connectivity index (χ1v) is 10.8. The van der Waals surface area contributed by atoms with Crippen molar-refractivity contribution < 1.29 is 14.3 Å². The summed E-state index contributed by atoms with van der Waals surface area (Å²) in [5.41, 5.74) is 1.67. The Morgan fingerprint density at radius 2 is 1.87 bits per heavy atom. The lowest BCUT2D eigenvalue weighted by Crippen LogP contribution is -2.23. The zero-order valence-corrected chi connectivity index (χ0v) is 18.0. The van der Waals surface area contributed by atoms with Gasteiger partial charge in [0, 0.05) is 29.6 Å². The SMILES string of the molecule is CCOc1cc(-c2cc(=O)n3c(n2)CCCCC3)ccc1OC(=O)c1ccc(Cl)cc1. The fourth-order valence-electron chi connectivity index (χ4n) is 3.63. The van der Waals surface area contributed by atoms with Crippen molar-refractivity contribution in [1.82, 2.24) is 9.55 Å². The number of aryl methyl sites for hydroxylation is 1. The van der Waals surface area contributed by atoms with Crippen molar-refractivity contribution in [3.05, 3.63) is 75.3 Å². The van der Waals surface area contributed by atoms with Crippen molar-refractivity contribution in [2.45, 2.75) is 39.2 Å². The Hall–Kier alpha value is -3.12. The average molecular weight is 439 g/mol. The van der Waals surface area contributed by atoms with Crippen molar-refractivity contribution >= 4 is 17.6 Å². The molecule has 0 fully saturated rings. The number of halogens is 1. The van der Waals surface area contributed by atoms with Gasteiger partial charge in [-0.3, -0.25) is 9.36 Å². The Kier molecular flexibility index (Phi) is 6.37. The number of ether oxygens (including phenoxy) is 2. The predicted octanol–water partition coefficient (Wildman–Crippen LogP) is 4.91. The minimum Gasteiger partial charge on any atom is -0.490 e. The van der Waals surface area contributed by atoms with Crippen LogP contribution >= 0.6 is 11.6 Å². The van der Waals surface area contributed by atoms with Gasteiger partial charge in [-0.05, 0) is 62.2 Å². The number of fused-ring (bicyclic) bond motifs is 1. The van der Waals surface area contributed by atoms with E-state index in [9.17, 15) is 9.59 Å². The van der Waals surface area contributed by atoms with Crippen LogP contribution in [0.3, 0.4) is 0 Å². The molecule has 2 aromatic carbocycles. The molecule has 0 aliphatic carbocycles. The molecule has 0 amide bonds. The van der Waals surface area contributed by atoms with E-state index in [-0.39, 0.29) is 5.56 Å². The van der Waals surface area contributed by atoms with Gasteiger partial charge in [0.25, 0.3) is 5.56 Å². The number of nitrogens with zero attached hydrogens (tertiary/aromatic N) is 2. The zero-order valence-electron chi connectivity index (χ0n) is 17.3. The first-order chi connectivity index (χ1) is 15.0. The summed E-state index contributed by atoms with van der Waals surface area (Å²) in [5, 5.41) is 0.542. The van der Waals surface area contributed by atoms with Gasteiger partial charge in [0.1, 0.15) is 5.82 Å². The second-order valence-corrected chi connectivity index (χ2v) is 7.79. The highest BCUT2D eigenvalue weighted by molar-refractivity contribution is 6.30. The third-order valence-corrected chi connectivity index (χ3v) is 5.44. The van der Waals surface area contributed by atoms with Crippen LogP contribution in [0.1, 0.15) is 42.4 Å². The molecule has 0 bridgehead atoms. The molecule has 0 saturated heterocycles. The molecule has 1 aromatic heterocycles. The summed E-state index contributed by atoms with van der Waals surface area (Å²) in [5.74, 6) is 1.03. The highest BCUT2D eigenvalue weighted by Gasteiger charge is 2.17. The van der Waals surface area contributed by atoms with Crippen LogP contribution in [0.15, 0.2) is 53.3 Å². The van der Waals surface area contributed by atoms with Gasteiger partial charge in [0.05, 0.1) is 17.9 Å². The minimum absolute atomic E-state index is 0.0434. The summed E-state index contributed by atoms with van der Waals surface area (Å²) in [6.45, 7) is 2.96. The molecule has 7 heteroatoms. The standard InChI is InChI=1S/C24H23ClN2O4/c1-2-30-21-14-17(19-15-23(28)27-13-5-3-4-6-22(27)26-19)9-12-20(21)31-24(29)16-7-10-18(25)11-8-16/h7-12,14-15H,2-6,13H2,1H3. The van der Waals surface area contributed by atoms with Crippen molar-refractivity contribution in [2.75, 3.05) is 6.61 Å². The predicted molar refractivity (Wildman–Crippen MR) is 119 cm³/mol. The first kappa shape index (κ1) is 21.1. The van der Waals surface area contributed by atoms with Crippen LogP contribution in [-0.4, -0.2) is 22.1 Å². The molecule has 4 rings (SSSR count). The van der Waals surface area contributed by atoms with Crippen LogP contribution in [0.25, 0.3) is 11.3 Å². The summed E-state index contributed by atoms with van der Waals surface area (Å²) in [4.78, 5) is 29.9. The molecule has 2 heterocycles. The number of benzene rings is 2. The van der Waals surface area contributed by atoms with E-state index < -0.39 is 5.97 Å². The summed E-state index contributed by atoms with van der Waals surface area (Å²) in [7, 11) is 0. The van der Waals surface area contributed by atoms with E-state index in [4.69, 9.17) is 26.1 Å². The highest BCUT2D eigenvalue weighted by Crippen LogP contribution is 2.33. The number of esters is 1. The molecule has 0 saturated carbocycles. The van der Waals surface area contributed by atoms with E-state index in [0.29, 0.717) is 40.9 Å². The smallest absolute Gasteiger partial charge is 0.343 e. The summed E-state index contributed by atoms with van der Waals surface area (Å²) >= 11 is 5.88. The first-order valence-electron chi connectivity index (χ1n) is 10.4. The number of hydrogen-bond acceptors (Lipinski definition) is 5. The zero-order chi connectivity index (χ0) is 21.8. The topological polar surface area (TPSA) is 70.4 Å². The van der Waals surface area contributed by atoms with E-state index in [2.05, 4.69) is 0 Å². The molecule has 0 radical (unpaired) electrons. The van der Waals surface area contributed by atoms with Crippen LogP contribution < -0.4 is 15.0 Å². The van der Waals surface area contributed by atoms with E-state index in [1.54, 1.807) is 53.1 Å². The Balaban J connectivity index is 1.65. The maximum Gasteiger partial charge on any atom is 0.343 e. The molecule has 0 atom stereocenters. The van der Waals surface area contributed by atoms with Gasteiger partial charge in [-0.1, -0.05) is 18.0 Å². The summed E-state index contributed by atoms with van der Waals surface area (Å²) < 4.78 is 13.0. The fourth-order valence-corrected chi connectivity index (χ4v) is 3.75. The lowest BCUT2D eigenvalue weighted by molar-refractivity contribution is 0.0728. The van der Waals surface area contributed by atoms with Gasteiger partial charge in [0.15, 0.2) is 11.5 Å². The van der Waals surface area contributed by atoms with E-state index in [1.165, 1.54) is 0 Å². The minimum atomic E-state index is -0.508. The monoisotopic (exact) mass is 438 g/mol. The maximum atomic E-state index is 12.6. The number of hydrogen-bond donors (Lipinski definition) is 0. The molecule has 6 nitrogen and oxygen atoms in total. The average Bonchev–Trinajstić information content (AvgIpc) is 3.01. The normalized spacial score (nSPS) is 13.2. The van der Waals surface area contributed by atoms with Gasteiger partial charge in [-0.15, -0.1) is 0 Å². The number of aromatic nitrogens is 2. The molecule has 0 N–H and O–H groups in total. The van der Waals surface area contributed by atoms with Gasteiger partial charge < -0.3 is 9.47 Å². The molecule has 160 valence electrons. The van der Waals surface area contributed by atoms with Crippen molar-refractivity contribution in [3.8, 4) is 22.8 Å². The Bertz CT molecular complexity index is 1160. The molecule has 3 aromatic rings. The number of carbonyl (C=O) groups excluding carboxylic acids is 1. The number of carbonyl (C=O) groups is 1. The van der Waals surface area contributed by atoms with Crippen molar-refractivity contribution in [1.29, 1.82) is 0 Å². The highest BCUT2D eigenvalue weighted by atomic mass is 35.5. The van der Waals surface area contributed by atoms with E-state index in [0.717, 1.165) is 37.1 Å². The molecule has 31 heavy (non-hydrogen) atoms. The quantitative estimate of drug-likeness (QED) is 0.418. The van der Waals surface area contributed by atoms with Crippen LogP contribution in [0.4, 0.5) is 0 Å². The van der Waals surface area contributed by atoms with Gasteiger partial charge in [-0.2, -0.15) is 0 Å². The van der Waals surface area contributed by atoms with Gasteiger partial charge in [0.2, 0.25) is 0 Å². The molecule has 1 aliphatic rings. The van der Waals surface area contributed by atoms with Crippen LogP contribution in [0.2, 0.25) is 5.02 Å². The molecule has 0 unspecified atom stereocenters. The van der Waals surface area contributed by atoms with Gasteiger partial charge >= 0.3 is 5.97 Å². The largest absolute Gasteiger partial charge is 0.490 e. The molecule has 1 aliphatic heterocycles. The summed E-state index contributed by atoms with van der Waals surface area (Å²) in [6.07, 6.45) is 3.91. The van der Waals surface area contributed by atoms with E-state index >= 15 is 0 Å². The maximum absolute atomic E-state index is 12.6.